The van der Waals surface area contributed by atoms with Gasteiger partial charge >= 0.3 is 0 Å². The van der Waals surface area contributed by atoms with Crippen LogP contribution in [0.3, 0.4) is 0 Å². The lowest BCUT2D eigenvalue weighted by atomic mass is 9.86. The molecule has 2 N–H and O–H groups in total. The van der Waals surface area contributed by atoms with Gasteiger partial charge in [0.15, 0.2) is 4.34 Å². The molecule has 1 aromatic heterocycles. The molecule has 0 radical (unpaired) electrons. The third-order valence-corrected chi connectivity index (χ3v) is 5.19. The van der Waals surface area contributed by atoms with Crippen molar-refractivity contribution in [1.82, 2.24) is 10.2 Å². The first-order valence-electron chi connectivity index (χ1n) is 6.65. The maximum atomic E-state index is 6.24. The van der Waals surface area contributed by atoms with Crippen LogP contribution in [0.5, 0.6) is 0 Å². The maximum absolute atomic E-state index is 6.24. The Kier molecular flexibility index (Phi) is 4.83. The third kappa shape index (κ3) is 4.04. The van der Waals surface area contributed by atoms with Gasteiger partial charge in [-0.3, -0.25) is 0 Å². The highest BCUT2D eigenvalue weighted by Crippen LogP contribution is 2.27. The molecule has 0 aliphatic heterocycles. The molecule has 20 heavy (non-hydrogen) atoms. The second kappa shape index (κ2) is 6.24. The van der Waals surface area contributed by atoms with Gasteiger partial charge in [-0.15, -0.1) is 10.2 Å². The van der Waals surface area contributed by atoms with Gasteiger partial charge in [-0.05, 0) is 23.5 Å². The van der Waals surface area contributed by atoms with Crippen LogP contribution in [0.25, 0.3) is 0 Å². The molecule has 5 heteroatoms. The summed E-state index contributed by atoms with van der Waals surface area (Å²) in [7, 11) is 0. The van der Waals surface area contributed by atoms with Crippen molar-refractivity contribution >= 4 is 23.1 Å². The largest absolute Gasteiger partial charge is 0.323 e. The second-order valence-corrected chi connectivity index (χ2v) is 8.33. The van der Waals surface area contributed by atoms with Crippen LogP contribution < -0.4 is 5.73 Å². The highest BCUT2D eigenvalue weighted by Gasteiger charge is 2.14. The van der Waals surface area contributed by atoms with Gasteiger partial charge in [-0.25, -0.2) is 0 Å². The van der Waals surface area contributed by atoms with Crippen LogP contribution in [-0.2, 0) is 5.41 Å². The fourth-order valence-electron chi connectivity index (χ4n) is 1.82. The Balaban J connectivity index is 1.97. The van der Waals surface area contributed by atoms with E-state index in [1.54, 1.807) is 23.1 Å². The molecule has 0 saturated heterocycles. The summed E-state index contributed by atoms with van der Waals surface area (Å²) in [5, 5.41) is 9.11. The maximum Gasteiger partial charge on any atom is 0.174 e. The highest BCUT2D eigenvalue weighted by atomic mass is 32.2. The number of hydrogen-bond donors (Lipinski definition) is 1. The first-order chi connectivity index (χ1) is 9.36. The smallest absolute Gasteiger partial charge is 0.174 e. The molecule has 3 nitrogen and oxygen atoms in total. The van der Waals surface area contributed by atoms with Crippen molar-refractivity contribution in [3.05, 3.63) is 40.4 Å². The Bertz CT molecular complexity index is 555. The molecule has 0 aliphatic carbocycles. The van der Waals surface area contributed by atoms with Gasteiger partial charge in [0.2, 0.25) is 0 Å². The van der Waals surface area contributed by atoms with Crippen molar-refractivity contribution in [3.8, 4) is 0 Å². The van der Waals surface area contributed by atoms with E-state index < -0.39 is 0 Å². The van der Waals surface area contributed by atoms with Gasteiger partial charge in [0.05, 0.1) is 0 Å². The summed E-state index contributed by atoms with van der Waals surface area (Å²) in [6, 6.07) is 8.65. The van der Waals surface area contributed by atoms with E-state index in [1.165, 1.54) is 11.1 Å². The van der Waals surface area contributed by atoms with E-state index in [4.69, 9.17) is 5.73 Å². The van der Waals surface area contributed by atoms with E-state index in [9.17, 15) is 0 Å². The van der Waals surface area contributed by atoms with Crippen LogP contribution in [0.1, 0.15) is 42.9 Å². The molecule has 1 heterocycles. The van der Waals surface area contributed by atoms with Crippen LogP contribution in [0.15, 0.2) is 28.6 Å². The van der Waals surface area contributed by atoms with E-state index in [2.05, 4.69) is 55.2 Å². The molecule has 1 unspecified atom stereocenters. The lowest BCUT2D eigenvalue weighted by Crippen LogP contribution is -2.15. The molecular formula is C15H21N3S2. The van der Waals surface area contributed by atoms with Crippen molar-refractivity contribution in [3.63, 3.8) is 0 Å². The molecule has 2 rings (SSSR count). The monoisotopic (exact) mass is 307 g/mol. The lowest BCUT2D eigenvalue weighted by molar-refractivity contribution is 0.589. The minimum absolute atomic E-state index is 0.0261. The fourth-order valence-corrected chi connectivity index (χ4v) is 3.66. The number of nitrogens with zero attached hydrogens (tertiary/aromatic N) is 2. The van der Waals surface area contributed by atoms with Crippen LogP contribution in [0.4, 0.5) is 0 Å². The van der Waals surface area contributed by atoms with E-state index in [1.807, 2.05) is 6.92 Å². The predicted octanol–water partition coefficient (Wildman–Crippen LogP) is 3.94. The molecule has 0 spiro atoms. The quantitative estimate of drug-likeness (QED) is 0.869. The number of benzene rings is 1. The second-order valence-electron chi connectivity index (χ2n) is 5.88. The minimum atomic E-state index is 0.0261. The summed E-state index contributed by atoms with van der Waals surface area (Å²) in [6.45, 7) is 8.62. The van der Waals surface area contributed by atoms with E-state index in [0.29, 0.717) is 0 Å². The molecule has 0 bridgehead atoms. The zero-order valence-electron chi connectivity index (χ0n) is 12.4. The molecule has 0 aliphatic rings. The van der Waals surface area contributed by atoms with Gasteiger partial charge in [0.1, 0.15) is 5.01 Å². The summed E-state index contributed by atoms with van der Waals surface area (Å²) in [5.41, 5.74) is 8.93. The molecule has 0 amide bonds. The summed E-state index contributed by atoms with van der Waals surface area (Å²) in [4.78, 5) is 0. The molecule has 0 fully saturated rings. The van der Waals surface area contributed by atoms with Crippen molar-refractivity contribution in [2.45, 2.75) is 43.5 Å². The first-order valence-corrected chi connectivity index (χ1v) is 8.45. The summed E-state index contributed by atoms with van der Waals surface area (Å²) < 4.78 is 0.990. The normalized spacial score (nSPS) is 13.4. The number of thioether (sulfide) groups is 1. The number of rotatable bonds is 4. The summed E-state index contributed by atoms with van der Waals surface area (Å²) >= 11 is 3.29. The lowest BCUT2D eigenvalue weighted by Gasteiger charge is -2.20. The average molecular weight is 307 g/mol. The Morgan fingerprint density at radius 1 is 1.20 bits per heavy atom. The number of aromatic nitrogens is 2. The Morgan fingerprint density at radius 3 is 2.35 bits per heavy atom. The van der Waals surface area contributed by atoms with Crippen LogP contribution >= 0.6 is 23.1 Å². The zero-order chi connectivity index (χ0) is 14.8. The summed E-state index contributed by atoms with van der Waals surface area (Å²) in [5.74, 6) is 0.823. The van der Waals surface area contributed by atoms with E-state index in [-0.39, 0.29) is 11.5 Å². The van der Waals surface area contributed by atoms with E-state index >= 15 is 0 Å². The Hall–Kier alpha value is -0.910. The Labute approximate surface area is 129 Å². The van der Waals surface area contributed by atoms with Crippen LogP contribution in [-0.4, -0.2) is 16.0 Å². The first kappa shape index (κ1) is 15.5. The van der Waals surface area contributed by atoms with Crippen molar-refractivity contribution in [2.24, 2.45) is 5.73 Å². The van der Waals surface area contributed by atoms with Crippen LogP contribution in [0, 0.1) is 6.92 Å². The van der Waals surface area contributed by atoms with E-state index in [0.717, 1.165) is 15.1 Å². The number of hydrogen-bond acceptors (Lipinski definition) is 5. The van der Waals surface area contributed by atoms with Gasteiger partial charge < -0.3 is 5.73 Å². The predicted molar refractivity (Wildman–Crippen MR) is 87.4 cm³/mol. The molecule has 0 saturated carbocycles. The van der Waals surface area contributed by atoms with Crippen molar-refractivity contribution < 1.29 is 0 Å². The van der Waals surface area contributed by atoms with Gasteiger partial charge in [-0.1, -0.05) is 68.1 Å². The molecule has 108 valence electrons. The Morgan fingerprint density at radius 2 is 1.85 bits per heavy atom. The van der Waals surface area contributed by atoms with Crippen LogP contribution in [0.2, 0.25) is 0 Å². The molecule has 1 aromatic carbocycles. The minimum Gasteiger partial charge on any atom is -0.323 e. The fraction of sp³-hybridized carbons (Fsp3) is 0.467. The topological polar surface area (TPSA) is 51.8 Å². The van der Waals surface area contributed by atoms with Gasteiger partial charge in [-0.2, -0.15) is 0 Å². The van der Waals surface area contributed by atoms with Crippen molar-refractivity contribution in [1.29, 1.82) is 0 Å². The highest BCUT2D eigenvalue weighted by molar-refractivity contribution is 8.01. The standard InChI is InChI=1S/C15H21N3S2/c1-10-17-18-14(20-10)19-9-13(16)11-5-7-12(8-6-11)15(2,3)4/h5-8,13H,9,16H2,1-4H3. The van der Waals surface area contributed by atoms with Crippen molar-refractivity contribution in [2.75, 3.05) is 5.75 Å². The third-order valence-electron chi connectivity index (χ3n) is 3.10. The number of aryl methyl sites for hydroxylation is 1. The number of nitrogens with two attached hydrogens (primary N) is 1. The molecule has 1 atom stereocenters. The summed E-state index contributed by atoms with van der Waals surface area (Å²) in [6.07, 6.45) is 0. The zero-order valence-corrected chi connectivity index (χ0v) is 14.0. The average Bonchev–Trinajstić information content (AvgIpc) is 2.81. The molecule has 2 aromatic rings. The van der Waals surface area contributed by atoms with Gasteiger partial charge in [0.25, 0.3) is 0 Å². The SMILES string of the molecule is Cc1nnc(SCC(N)c2ccc(C(C)(C)C)cc2)s1. The molecular weight excluding hydrogens is 286 g/mol. The van der Waals surface area contributed by atoms with Gasteiger partial charge in [0, 0.05) is 11.8 Å².